The first kappa shape index (κ1) is 13.1. The maximum atomic E-state index is 11.0. The molecule has 0 saturated carbocycles. The molecule has 104 valence electrons. The zero-order chi connectivity index (χ0) is 13.5. The van der Waals surface area contributed by atoms with E-state index in [0.29, 0.717) is 6.04 Å². The Morgan fingerprint density at radius 2 is 2.16 bits per heavy atom. The van der Waals surface area contributed by atoms with E-state index in [-0.39, 0.29) is 0 Å². The molecule has 2 unspecified atom stereocenters. The molecule has 1 aromatic rings. The van der Waals surface area contributed by atoms with Crippen molar-refractivity contribution < 1.29 is 5.11 Å². The molecule has 2 aliphatic heterocycles. The molecule has 3 rings (SSSR count). The number of nitrogens with zero attached hydrogens (tertiary/aromatic N) is 1. The van der Waals surface area contributed by atoms with Gasteiger partial charge in [-0.1, -0.05) is 23.8 Å². The van der Waals surface area contributed by atoms with Gasteiger partial charge in [-0.05, 0) is 57.2 Å². The lowest BCUT2D eigenvalue weighted by Crippen LogP contribution is -2.48. The van der Waals surface area contributed by atoms with E-state index in [9.17, 15) is 5.11 Å². The number of fused-ring (bicyclic) bond motifs is 1. The Bertz CT molecular complexity index is 470. The Labute approximate surface area is 116 Å². The Hall–Kier alpha value is -0.860. The third kappa shape index (κ3) is 2.70. The molecule has 0 aromatic heterocycles. The van der Waals surface area contributed by atoms with Crippen molar-refractivity contribution in [1.29, 1.82) is 0 Å². The number of benzene rings is 1. The van der Waals surface area contributed by atoms with Gasteiger partial charge in [0, 0.05) is 19.0 Å². The minimum Gasteiger partial charge on any atom is -0.389 e. The second kappa shape index (κ2) is 4.92. The normalized spacial score (nSPS) is 31.4. The van der Waals surface area contributed by atoms with E-state index in [1.54, 1.807) is 0 Å². The van der Waals surface area contributed by atoms with Gasteiger partial charge in [0.25, 0.3) is 0 Å². The Morgan fingerprint density at radius 3 is 3.00 bits per heavy atom. The second-order valence-electron chi connectivity index (χ2n) is 6.62. The van der Waals surface area contributed by atoms with Crippen LogP contribution in [0.1, 0.15) is 42.4 Å². The first-order valence-corrected chi connectivity index (χ1v) is 7.58. The Kier molecular flexibility index (Phi) is 3.40. The first-order valence-electron chi connectivity index (χ1n) is 7.58. The summed E-state index contributed by atoms with van der Waals surface area (Å²) in [6.07, 6.45) is 5.29. The molecule has 0 spiro atoms. The van der Waals surface area contributed by atoms with Crippen LogP contribution in [0.25, 0.3) is 0 Å². The molecule has 2 heteroatoms. The highest BCUT2D eigenvalue weighted by Gasteiger charge is 2.40. The van der Waals surface area contributed by atoms with Crippen LogP contribution in [0.5, 0.6) is 0 Å². The standard InChI is InChI=1S/C17H25NO/c1-13-5-6-14(2)15(10-13)11-17(19)7-9-18-8-3-4-16(18)12-17/h5-6,10,16,19H,3-4,7-9,11-12H2,1-2H3. The number of hydrogen-bond acceptors (Lipinski definition) is 2. The molecule has 0 bridgehead atoms. The summed E-state index contributed by atoms with van der Waals surface area (Å²) in [4.78, 5) is 2.57. The molecule has 2 atom stereocenters. The topological polar surface area (TPSA) is 23.5 Å². The summed E-state index contributed by atoms with van der Waals surface area (Å²) in [6, 6.07) is 7.21. The molecule has 19 heavy (non-hydrogen) atoms. The summed E-state index contributed by atoms with van der Waals surface area (Å²) in [5, 5.41) is 11.0. The van der Waals surface area contributed by atoms with E-state index in [1.165, 1.54) is 36.1 Å². The van der Waals surface area contributed by atoms with Gasteiger partial charge in [0.05, 0.1) is 5.60 Å². The monoisotopic (exact) mass is 259 g/mol. The molecule has 0 amide bonds. The summed E-state index contributed by atoms with van der Waals surface area (Å²) in [7, 11) is 0. The average molecular weight is 259 g/mol. The zero-order valence-electron chi connectivity index (χ0n) is 12.2. The van der Waals surface area contributed by atoms with Crippen LogP contribution in [0.3, 0.4) is 0 Å². The highest BCUT2D eigenvalue weighted by atomic mass is 16.3. The largest absolute Gasteiger partial charge is 0.389 e. The first-order chi connectivity index (χ1) is 9.06. The summed E-state index contributed by atoms with van der Waals surface area (Å²) >= 11 is 0. The third-order valence-electron chi connectivity index (χ3n) is 5.00. The lowest BCUT2D eigenvalue weighted by molar-refractivity contribution is -0.0355. The minimum absolute atomic E-state index is 0.482. The number of aliphatic hydroxyl groups is 1. The molecular formula is C17H25NO. The van der Waals surface area contributed by atoms with E-state index < -0.39 is 5.60 Å². The van der Waals surface area contributed by atoms with Crippen molar-refractivity contribution in [2.45, 2.75) is 57.6 Å². The van der Waals surface area contributed by atoms with Crippen LogP contribution in [-0.2, 0) is 6.42 Å². The molecule has 2 nitrogen and oxygen atoms in total. The van der Waals surface area contributed by atoms with Crippen LogP contribution >= 0.6 is 0 Å². The minimum atomic E-state index is -0.482. The van der Waals surface area contributed by atoms with E-state index in [4.69, 9.17) is 0 Å². The fourth-order valence-corrected chi connectivity index (χ4v) is 3.82. The van der Waals surface area contributed by atoms with Crippen LogP contribution in [-0.4, -0.2) is 34.7 Å². The highest BCUT2D eigenvalue weighted by molar-refractivity contribution is 5.31. The average Bonchev–Trinajstić information content (AvgIpc) is 2.80. The third-order valence-corrected chi connectivity index (χ3v) is 5.00. The van der Waals surface area contributed by atoms with Gasteiger partial charge in [-0.15, -0.1) is 0 Å². The maximum absolute atomic E-state index is 11.0. The molecule has 0 aliphatic carbocycles. The molecular weight excluding hydrogens is 234 g/mol. The lowest BCUT2D eigenvalue weighted by Gasteiger charge is -2.41. The number of rotatable bonds is 2. The zero-order valence-corrected chi connectivity index (χ0v) is 12.2. The fourth-order valence-electron chi connectivity index (χ4n) is 3.82. The van der Waals surface area contributed by atoms with Gasteiger partial charge < -0.3 is 10.0 Å². The van der Waals surface area contributed by atoms with E-state index >= 15 is 0 Å². The van der Waals surface area contributed by atoms with Crippen molar-refractivity contribution in [2.75, 3.05) is 13.1 Å². The molecule has 2 saturated heterocycles. The van der Waals surface area contributed by atoms with Crippen LogP contribution in [0, 0.1) is 13.8 Å². The smallest absolute Gasteiger partial charge is 0.0715 e. The molecule has 1 N–H and O–H groups in total. The second-order valence-corrected chi connectivity index (χ2v) is 6.62. The van der Waals surface area contributed by atoms with Gasteiger partial charge >= 0.3 is 0 Å². The van der Waals surface area contributed by atoms with E-state index in [2.05, 4.69) is 36.9 Å². The summed E-state index contributed by atoms with van der Waals surface area (Å²) in [5.41, 5.74) is 3.45. The molecule has 1 aromatic carbocycles. The van der Waals surface area contributed by atoms with E-state index in [0.717, 1.165) is 25.8 Å². The lowest BCUT2D eigenvalue weighted by atomic mass is 9.81. The van der Waals surface area contributed by atoms with Crippen LogP contribution in [0.15, 0.2) is 18.2 Å². The van der Waals surface area contributed by atoms with Gasteiger partial charge in [-0.3, -0.25) is 0 Å². The Balaban J connectivity index is 1.76. The predicted molar refractivity (Wildman–Crippen MR) is 78.4 cm³/mol. The molecule has 2 heterocycles. The van der Waals surface area contributed by atoms with Crippen LogP contribution in [0.4, 0.5) is 0 Å². The van der Waals surface area contributed by atoms with Crippen molar-refractivity contribution in [3.05, 3.63) is 34.9 Å². The van der Waals surface area contributed by atoms with Crippen molar-refractivity contribution in [3.63, 3.8) is 0 Å². The summed E-state index contributed by atoms with van der Waals surface area (Å²) in [6.45, 7) is 6.60. The molecule has 2 aliphatic rings. The summed E-state index contributed by atoms with van der Waals surface area (Å²) in [5.74, 6) is 0. The van der Waals surface area contributed by atoms with Gasteiger partial charge in [-0.25, -0.2) is 0 Å². The maximum Gasteiger partial charge on any atom is 0.0715 e. The summed E-state index contributed by atoms with van der Waals surface area (Å²) < 4.78 is 0. The number of piperidine rings is 1. The van der Waals surface area contributed by atoms with Crippen molar-refractivity contribution in [1.82, 2.24) is 4.90 Å². The van der Waals surface area contributed by atoms with Crippen molar-refractivity contribution in [3.8, 4) is 0 Å². The SMILES string of the molecule is Cc1ccc(C)c(CC2(O)CCN3CCCC3C2)c1. The quantitative estimate of drug-likeness (QED) is 0.883. The Morgan fingerprint density at radius 1 is 1.32 bits per heavy atom. The predicted octanol–water partition coefficient (Wildman–Crippen LogP) is 2.84. The van der Waals surface area contributed by atoms with Crippen LogP contribution in [0.2, 0.25) is 0 Å². The van der Waals surface area contributed by atoms with Crippen LogP contribution < -0.4 is 0 Å². The van der Waals surface area contributed by atoms with Gasteiger partial charge in [0.1, 0.15) is 0 Å². The van der Waals surface area contributed by atoms with Crippen molar-refractivity contribution >= 4 is 0 Å². The fraction of sp³-hybridized carbons (Fsp3) is 0.647. The van der Waals surface area contributed by atoms with Gasteiger partial charge in [-0.2, -0.15) is 0 Å². The van der Waals surface area contributed by atoms with Gasteiger partial charge in [0.15, 0.2) is 0 Å². The molecule has 2 fully saturated rings. The number of hydrogen-bond donors (Lipinski definition) is 1. The highest BCUT2D eigenvalue weighted by Crippen LogP contribution is 2.35. The van der Waals surface area contributed by atoms with E-state index in [1.807, 2.05) is 0 Å². The van der Waals surface area contributed by atoms with Gasteiger partial charge in [0.2, 0.25) is 0 Å². The number of aryl methyl sites for hydroxylation is 2. The molecule has 0 radical (unpaired) electrons. The van der Waals surface area contributed by atoms with Crippen molar-refractivity contribution in [2.24, 2.45) is 0 Å².